The van der Waals surface area contributed by atoms with Gasteiger partial charge in [-0.25, -0.2) is 4.79 Å². The monoisotopic (exact) mass is 266 g/mol. The van der Waals surface area contributed by atoms with Crippen molar-refractivity contribution in [2.75, 3.05) is 18.9 Å². The summed E-state index contributed by atoms with van der Waals surface area (Å²) in [5, 5.41) is 2.61. The number of esters is 1. The van der Waals surface area contributed by atoms with Gasteiger partial charge in [-0.1, -0.05) is 6.07 Å². The van der Waals surface area contributed by atoms with Gasteiger partial charge in [0.25, 0.3) is 5.91 Å². The van der Waals surface area contributed by atoms with E-state index in [2.05, 4.69) is 5.32 Å². The van der Waals surface area contributed by atoms with Crippen LogP contribution in [0.15, 0.2) is 24.3 Å². The minimum atomic E-state index is -0.610. The van der Waals surface area contributed by atoms with Gasteiger partial charge in [0.05, 0.1) is 0 Å². The summed E-state index contributed by atoms with van der Waals surface area (Å²) in [6, 6.07) is 6.70. The lowest BCUT2D eigenvalue weighted by molar-refractivity contribution is -0.150. The van der Waals surface area contributed by atoms with Crippen molar-refractivity contribution < 1.29 is 19.1 Å². The molecule has 104 valence electrons. The molecule has 0 fully saturated rings. The number of rotatable bonds is 6. The van der Waals surface area contributed by atoms with E-state index in [4.69, 9.17) is 15.2 Å². The first kappa shape index (κ1) is 14.8. The molecule has 0 radical (unpaired) electrons. The zero-order valence-corrected chi connectivity index (χ0v) is 11.0. The highest BCUT2D eigenvalue weighted by molar-refractivity contribution is 5.81. The summed E-state index contributed by atoms with van der Waals surface area (Å²) in [7, 11) is 0. The molecule has 0 aliphatic carbocycles. The number of carbonyl (C=O) groups excluding carboxylic acids is 2. The van der Waals surface area contributed by atoms with Gasteiger partial charge in [-0.05, 0) is 26.0 Å². The molecule has 0 spiro atoms. The van der Waals surface area contributed by atoms with Crippen LogP contribution in [-0.2, 0) is 14.3 Å². The number of hydrogen-bond donors (Lipinski definition) is 2. The highest BCUT2D eigenvalue weighted by Gasteiger charge is 2.09. The van der Waals surface area contributed by atoms with Crippen LogP contribution >= 0.6 is 0 Å². The van der Waals surface area contributed by atoms with Crippen molar-refractivity contribution >= 4 is 17.6 Å². The van der Waals surface area contributed by atoms with Crippen molar-refractivity contribution in [2.24, 2.45) is 0 Å². The lowest BCUT2D eigenvalue weighted by Crippen LogP contribution is -2.34. The number of hydrogen-bond acceptors (Lipinski definition) is 5. The Balaban J connectivity index is 2.26. The van der Waals surface area contributed by atoms with Gasteiger partial charge in [0.1, 0.15) is 5.75 Å². The predicted molar refractivity (Wildman–Crippen MR) is 70.6 cm³/mol. The summed E-state index contributed by atoms with van der Waals surface area (Å²) in [5.74, 6) is -0.475. The van der Waals surface area contributed by atoms with Crippen LogP contribution in [0.25, 0.3) is 0 Å². The lowest BCUT2D eigenvalue weighted by Gasteiger charge is -2.09. The van der Waals surface area contributed by atoms with Gasteiger partial charge in [-0.3, -0.25) is 4.79 Å². The van der Waals surface area contributed by atoms with E-state index >= 15 is 0 Å². The minimum absolute atomic E-state index is 0.00902. The molecule has 3 N–H and O–H groups in total. The van der Waals surface area contributed by atoms with E-state index in [0.717, 1.165) is 0 Å². The van der Waals surface area contributed by atoms with Gasteiger partial charge in [0.15, 0.2) is 13.2 Å². The number of amides is 1. The molecule has 0 bridgehead atoms. The van der Waals surface area contributed by atoms with E-state index in [1.807, 2.05) is 13.8 Å². The summed E-state index contributed by atoms with van der Waals surface area (Å²) in [5.41, 5.74) is 6.10. The molecule has 0 saturated heterocycles. The molecule has 1 rings (SSSR count). The average molecular weight is 266 g/mol. The molecule has 0 atom stereocenters. The molecule has 1 aromatic rings. The predicted octanol–water partition coefficient (Wildman–Crippen LogP) is 0.715. The molecular weight excluding hydrogens is 248 g/mol. The Morgan fingerprint density at radius 1 is 1.32 bits per heavy atom. The average Bonchev–Trinajstić information content (AvgIpc) is 2.33. The number of carbonyl (C=O) groups is 2. The van der Waals surface area contributed by atoms with Crippen LogP contribution in [0.4, 0.5) is 5.69 Å². The van der Waals surface area contributed by atoms with Crippen molar-refractivity contribution in [3.63, 3.8) is 0 Å². The Morgan fingerprint density at radius 2 is 2.05 bits per heavy atom. The number of nitrogens with one attached hydrogen (secondary N) is 1. The van der Waals surface area contributed by atoms with Crippen LogP contribution in [0.3, 0.4) is 0 Å². The van der Waals surface area contributed by atoms with Crippen molar-refractivity contribution in [3.8, 4) is 5.75 Å². The SMILES string of the molecule is CC(C)NC(=O)COC(=O)COc1cccc(N)c1. The molecule has 0 aromatic heterocycles. The van der Waals surface area contributed by atoms with Crippen molar-refractivity contribution in [3.05, 3.63) is 24.3 Å². The van der Waals surface area contributed by atoms with Crippen molar-refractivity contribution in [1.29, 1.82) is 0 Å². The highest BCUT2D eigenvalue weighted by Crippen LogP contribution is 2.14. The third-order valence-corrected chi connectivity index (χ3v) is 2.03. The van der Waals surface area contributed by atoms with Gasteiger partial charge < -0.3 is 20.5 Å². The number of nitrogens with two attached hydrogens (primary N) is 1. The third kappa shape index (κ3) is 6.30. The Morgan fingerprint density at radius 3 is 2.68 bits per heavy atom. The summed E-state index contributed by atoms with van der Waals surface area (Å²) in [6.07, 6.45) is 0. The first-order valence-corrected chi connectivity index (χ1v) is 5.90. The van der Waals surface area contributed by atoms with E-state index in [9.17, 15) is 9.59 Å². The van der Waals surface area contributed by atoms with Gasteiger partial charge in [0.2, 0.25) is 0 Å². The number of nitrogen functional groups attached to an aromatic ring is 1. The topological polar surface area (TPSA) is 90.6 Å². The summed E-state index contributed by atoms with van der Waals surface area (Å²) in [6.45, 7) is 3.07. The zero-order valence-electron chi connectivity index (χ0n) is 11.0. The number of anilines is 1. The van der Waals surface area contributed by atoms with Crippen molar-refractivity contribution in [2.45, 2.75) is 19.9 Å². The standard InChI is InChI=1S/C13H18N2O4/c1-9(2)15-12(16)7-19-13(17)8-18-11-5-3-4-10(14)6-11/h3-6,9H,7-8,14H2,1-2H3,(H,15,16). The van der Waals surface area contributed by atoms with Crippen LogP contribution in [0.5, 0.6) is 5.75 Å². The molecule has 0 unspecified atom stereocenters. The fourth-order valence-corrected chi connectivity index (χ4v) is 1.30. The first-order valence-electron chi connectivity index (χ1n) is 5.90. The van der Waals surface area contributed by atoms with E-state index in [1.54, 1.807) is 24.3 Å². The second-order valence-corrected chi connectivity index (χ2v) is 4.24. The van der Waals surface area contributed by atoms with E-state index < -0.39 is 5.97 Å². The van der Waals surface area contributed by atoms with Crippen LogP contribution < -0.4 is 15.8 Å². The summed E-state index contributed by atoms with van der Waals surface area (Å²) in [4.78, 5) is 22.6. The Bertz CT molecular complexity index is 446. The second kappa shape index (κ2) is 7.25. The van der Waals surface area contributed by atoms with E-state index in [-0.39, 0.29) is 25.2 Å². The smallest absolute Gasteiger partial charge is 0.344 e. The molecule has 1 amide bonds. The van der Waals surface area contributed by atoms with Gasteiger partial charge in [0, 0.05) is 17.8 Å². The first-order chi connectivity index (χ1) is 8.97. The second-order valence-electron chi connectivity index (χ2n) is 4.24. The maximum Gasteiger partial charge on any atom is 0.344 e. The minimum Gasteiger partial charge on any atom is -0.482 e. The molecule has 6 heteroatoms. The van der Waals surface area contributed by atoms with Gasteiger partial charge in [-0.15, -0.1) is 0 Å². The molecule has 6 nitrogen and oxygen atoms in total. The maximum atomic E-state index is 11.3. The molecule has 0 aliphatic rings. The van der Waals surface area contributed by atoms with Crippen LogP contribution in [0.2, 0.25) is 0 Å². The van der Waals surface area contributed by atoms with Gasteiger partial charge >= 0.3 is 5.97 Å². The lowest BCUT2D eigenvalue weighted by atomic mass is 10.3. The number of benzene rings is 1. The van der Waals surface area contributed by atoms with E-state index in [1.165, 1.54) is 0 Å². The molecule has 0 aliphatic heterocycles. The fraction of sp³-hybridized carbons (Fsp3) is 0.385. The van der Waals surface area contributed by atoms with Crippen LogP contribution in [0, 0.1) is 0 Å². The Hall–Kier alpha value is -2.24. The number of ether oxygens (including phenoxy) is 2. The highest BCUT2D eigenvalue weighted by atomic mass is 16.6. The maximum absolute atomic E-state index is 11.3. The van der Waals surface area contributed by atoms with Crippen LogP contribution in [0.1, 0.15) is 13.8 Å². The normalized spacial score (nSPS) is 10.1. The molecule has 0 saturated carbocycles. The van der Waals surface area contributed by atoms with Gasteiger partial charge in [-0.2, -0.15) is 0 Å². The van der Waals surface area contributed by atoms with Crippen molar-refractivity contribution in [1.82, 2.24) is 5.32 Å². The van der Waals surface area contributed by atoms with Crippen LogP contribution in [-0.4, -0.2) is 31.1 Å². The Labute approximate surface area is 111 Å². The summed E-state index contributed by atoms with van der Waals surface area (Å²) < 4.78 is 9.93. The fourth-order valence-electron chi connectivity index (χ4n) is 1.30. The molecular formula is C13H18N2O4. The molecule has 1 aromatic carbocycles. The molecule has 19 heavy (non-hydrogen) atoms. The quantitative estimate of drug-likeness (QED) is 0.584. The third-order valence-electron chi connectivity index (χ3n) is 2.03. The largest absolute Gasteiger partial charge is 0.482 e. The zero-order chi connectivity index (χ0) is 14.3. The summed E-state index contributed by atoms with van der Waals surface area (Å²) >= 11 is 0. The Kier molecular flexibility index (Phi) is 5.66. The molecule has 0 heterocycles. The van der Waals surface area contributed by atoms with E-state index in [0.29, 0.717) is 11.4 Å².